The van der Waals surface area contributed by atoms with Gasteiger partial charge in [0.1, 0.15) is 29.4 Å². The Bertz CT molecular complexity index is 2420. The maximum Gasteiger partial charge on any atom is 0.182 e. The second kappa shape index (κ2) is 16.6. The van der Waals surface area contributed by atoms with Gasteiger partial charge in [0.25, 0.3) is 0 Å². The van der Waals surface area contributed by atoms with Gasteiger partial charge in [-0.3, -0.25) is 0 Å². The van der Waals surface area contributed by atoms with Crippen molar-refractivity contribution >= 4 is 75.4 Å². The van der Waals surface area contributed by atoms with E-state index >= 15 is 0 Å². The van der Waals surface area contributed by atoms with Gasteiger partial charge in [-0.1, -0.05) is 112 Å². The van der Waals surface area contributed by atoms with Crippen LogP contribution in [0.1, 0.15) is 68.7 Å². The van der Waals surface area contributed by atoms with Gasteiger partial charge in [0.15, 0.2) is 19.4 Å². The minimum atomic E-state index is -2.70. The minimum Gasteiger partial charge on any atom is -0.480 e. The molecule has 0 amide bonds. The maximum absolute atomic E-state index is 10.1. The molecule has 2 aromatic heterocycles. The fraction of sp³-hybridized carbons (Fsp3) is 0.229. The predicted molar refractivity (Wildman–Crippen MR) is 237 cm³/mol. The van der Waals surface area contributed by atoms with Gasteiger partial charge in [-0.05, 0) is 89.4 Å². The highest BCUT2D eigenvalue weighted by atomic mass is 32.1. The van der Waals surface area contributed by atoms with Crippen molar-refractivity contribution in [2.75, 3.05) is 18.0 Å². The number of thiophene rings is 2. The van der Waals surface area contributed by atoms with Crippen LogP contribution in [0, 0.1) is 34.0 Å². The molecule has 0 saturated heterocycles. The average Bonchev–Trinajstić information content (AvgIpc) is 3.96. The highest BCUT2D eigenvalue weighted by Crippen LogP contribution is 2.43. The number of fused-ring (bicyclic) bond motifs is 3. The largest absolute Gasteiger partial charge is 0.480 e. The molecule has 0 fully saturated rings. The van der Waals surface area contributed by atoms with E-state index in [0.29, 0.717) is 5.57 Å². The van der Waals surface area contributed by atoms with Crippen molar-refractivity contribution in [3.05, 3.63) is 141 Å². The molecule has 2 aliphatic heterocycles. The molecule has 0 radical (unpaired) electrons. The van der Waals surface area contributed by atoms with Crippen molar-refractivity contribution in [1.82, 2.24) is 0 Å². The summed E-state index contributed by atoms with van der Waals surface area (Å²) in [6, 6.07) is 41.8. The van der Waals surface area contributed by atoms with Crippen LogP contribution in [0.2, 0.25) is 0 Å². The summed E-state index contributed by atoms with van der Waals surface area (Å²) in [7, 11) is -2.70. The van der Waals surface area contributed by atoms with Gasteiger partial charge in [-0.25, -0.2) is 0 Å². The smallest absolute Gasteiger partial charge is 0.182 e. The lowest BCUT2D eigenvalue weighted by Gasteiger charge is -2.30. The van der Waals surface area contributed by atoms with Crippen molar-refractivity contribution in [3.63, 3.8) is 0 Å². The molecule has 0 spiro atoms. The fourth-order valence-corrected chi connectivity index (χ4v) is 16.5. The van der Waals surface area contributed by atoms with Crippen LogP contribution in [0.4, 0.5) is 5.69 Å². The summed E-state index contributed by atoms with van der Waals surface area (Å²) >= 11 is 3.63. The maximum atomic E-state index is 10.1. The summed E-state index contributed by atoms with van der Waals surface area (Å²) in [5, 5.41) is 34.7. The SMILES string of the molecule is CCCCN(CCCC)c1ccc(/C=C/c2cc3c(s2)-c2sc(/C=C/C4=C(C#N)C(=C(C#N)C#N)OC4(C)C)cc2[Si]3(c2ccccc2)c2ccccc2)cc1. The van der Waals surface area contributed by atoms with Crippen molar-refractivity contribution in [3.8, 4) is 28.0 Å². The number of allylic oxidation sites excluding steroid dienone is 2. The molecule has 0 saturated carbocycles. The van der Waals surface area contributed by atoms with Crippen molar-refractivity contribution in [2.24, 2.45) is 0 Å². The summed E-state index contributed by atoms with van der Waals surface area (Å²) in [5.74, 6) is 0.0519. The van der Waals surface area contributed by atoms with Crippen molar-refractivity contribution < 1.29 is 4.74 Å². The zero-order valence-corrected chi connectivity index (χ0v) is 34.9. The zero-order chi connectivity index (χ0) is 39.3. The van der Waals surface area contributed by atoms with Crippen LogP contribution in [0.25, 0.3) is 28.0 Å². The highest BCUT2D eigenvalue weighted by molar-refractivity contribution is 7.34. The van der Waals surface area contributed by atoms with E-state index in [4.69, 9.17) is 4.74 Å². The molecule has 2 aliphatic rings. The molecule has 0 bridgehead atoms. The van der Waals surface area contributed by atoms with E-state index in [9.17, 15) is 15.8 Å². The Morgan fingerprint density at radius 1 is 0.714 bits per heavy atom. The van der Waals surface area contributed by atoms with E-state index in [1.165, 1.54) is 72.3 Å². The lowest BCUT2D eigenvalue weighted by atomic mass is 9.94. The molecular weight excluding hydrogens is 741 g/mol. The van der Waals surface area contributed by atoms with Gasteiger partial charge >= 0.3 is 0 Å². The zero-order valence-electron chi connectivity index (χ0n) is 32.3. The number of hydrogen-bond acceptors (Lipinski definition) is 7. The molecule has 56 heavy (non-hydrogen) atoms. The van der Waals surface area contributed by atoms with Crippen LogP contribution < -0.4 is 25.6 Å². The van der Waals surface area contributed by atoms with Crippen LogP contribution in [0.15, 0.2) is 126 Å². The van der Waals surface area contributed by atoms with Gasteiger partial charge in [0.2, 0.25) is 0 Å². The number of nitrogens with zero attached hydrogens (tertiary/aromatic N) is 4. The van der Waals surface area contributed by atoms with Gasteiger partial charge in [0, 0.05) is 43.9 Å². The number of nitriles is 3. The van der Waals surface area contributed by atoms with E-state index < -0.39 is 13.7 Å². The van der Waals surface area contributed by atoms with Crippen LogP contribution in [0.5, 0.6) is 0 Å². The Labute approximate surface area is 340 Å². The number of unbranched alkanes of at least 4 members (excludes halogenated alkanes) is 2. The van der Waals surface area contributed by atoms with E-state index in [-0.39, 0.29) is 16.9 Å². The topological polar surface area (TPSA) is 83.8 Å². The molecule has 4 heterocycles. The molecule has 0 N–H and O–H groups in total. The summed E-state index contributed by atoms with van der Waals surface area (Å²) in [4.78, 5) is 7.44. The van der Waals surface area contributed by atoms with E-state index in [1.807, 2.05) is 43.4 Å². The van der Waals surface area contributed by atoms with Gasteiger partial charge in [-0.15, -0.1) is 22.7 Å². The normalized spacial score (nSPS) is 15.0. The first-order valence-electron chi connectivity index (χ1n) is 19.3. The van der Waals surface area contributed by atoms with Crippen LogP contribution in [0.3, 0.4) is 0 Å². The van der Waals surface area contributed by atoms with Crippen molar-refractivity contribution in [1.29, 1.82) is 15.8 Å². The lowest BCUT2D eigenvalue weighted by molar-refractivity contribution is 0.0954. The second-order valence-electron chi connectivity index (χ2n) is 14.7. The third-order valence-corrected chi connectivity index (χ3v) is 18.2. The Hall–Kier alpha value is -5.69. The molecule has 7 rings (SSSR count). The number of hydrogen-bond donors (Lipinski definition) is 0. The monoisotopic (exact) mass is 784 g/mol. The predicted octanol–water partition coefficient (Wildman–Crippen LogP) is 9.69. The molecule has 0 aliphatic carbocycles. The first-order valence-corrected chi connectivity index (χ1v) is 22.9. The molecular formula is C48H44N4OS2Si. The lowest BCUT2D eigenvalue weighted by Crippen LogP contribution is -2.72. The van der Waals surface area contributed by atoms with Gasteiger partial charge in [0.05, 0.1) is 0 Å². The van der Waals surface area contributed by atoms with Crippen LogP contribution >= 0.6 is 22.7 Å². The third kappa shape index (κ3) is 7.11. The number of anilines is 1. The van der Waals surface area contributed by atoms with Gasteiger partial charge < -0.3 is 9.64 Å². The Balaban J connectivity index is 1.31. The number of ether oxygens (including phenoxy) is 1. The summed E-state index contributed by atoms with van der Waals surface area (Å²) in [6.07, 6.45) is 13.3. The standard InChI is InChI=1S/C48H44N4OS2Si/c1-5-7-27-52(28-8-6-2)36-22-19-34(20-23-36)21-24-37-29-43-46(54-37)47-44(56(43,39-15-11-9-12-16-39)40-17-13-10-14-18-40)30-38(55-47)25-26-42-41(33-51)45(35(31-49)32-50)53-48(42,3)4/h9-26,29-30H,5-8,27-28H2,1-4H3/b24-21+,26-25+. The highest BCUT2D eigenvalue weighted by Gasteiger charge is 2.51. The quantitative estimate of drug-likeness (QED) is 0.0861. The molecule has 8 heteroatoms. The summed E-state index contributed by atoms with van der Waals surface area (Å²) in [6.45, 7) is 10.4. The molecule has 5 nitrogen and oxygen atoms in total. The molecule has 0 atom stereocenters. The minimum absolute atomic E-state index is 0.0519. The van der Waals surface area contributed by atoms with Crippen molar-refractivity contribution in [2.45, 2.75) is 59.0 Å². The number of rotatable bonds is 13. The molecule has 0 unspecified atom stereocenters. The average molecular weight is 785 g/mol. The molecule has 3 aromatic carbocycles. The molecule has 5 aromatic rings. The van der Waals surface area contributed by atoms with E-state index in [1.54, 1.807) is 11.3 Å². The Morgan fingerprint density at radius 3 is 1.71 bits per heavy atom. The van der Waals surface area contributed by atoms with E-state index in [0.717, 1.165) is 18.0 Å². The van der Waals surface area contributed by atoms with E-state index in [2.05, 4.69) is 140 Å². The number of benzene rings is 3. The first kappa shape index (κ1) is 38.6. The van der Waals surface area contributed by atoms with Gasteiger partial charge in [-0.2, -0.15) is 15.8 Å². The second-order valence-corrected chi connectivity index (χ2v) is 20.6. The van der Waals surface area contributed by atoms with Crippen LogP contribution in [-0.4, -0.2) is 26.8 Å². The summed E-state index contributed by atoms with van der Waals surface area (Å²) in [5.41, 5.74) is 2.28. The third-order valence-electron chi connectivity index (χ3n) is 10.7. The Kier molecular flexibility index (Phi) is 11.4. The Morgan fingerprint density at radius 2 is 1.23 bits per heavy atom. The van der Waals surface area contributed by atoms with Crippen LogP contribution in [-0.2, 0) is 4.74 Å². The first-order chi connectivity index (χ1) is 27.3. The fourth-order valence-electron chi connectivity index (χ4n) is 7.88. The molecule has 278 valence electrons. The summed E-state index contributed by atoms with van der Waals surface area (Å²) < 4.78 is 6.05.